The molecule has 0 spiro atoms. The minimum absolute atomic E-state index is 0.230. The minimum Gasteiger partial charge on any atom is -0.307 e. The molecular formula is C11H16N2O2S. The number of hydrogen-bond donors (Lipinski definition) is 1. The fourth-order valence-corrected chi connectivity index (χ4v) is 2.95. The Bertz CT molecular complexity index is 383. The lowest BCUT2D eigenvalue weighted by Crippen LogP contribution is -2.38. The molecule has 0 aromatic carbocycles. The van der Waals surface area contributed by atoms with Crippen LogP contribution in [0.4, 0.5) is 5.00 Å². The van der Waals surface area contributed by atoms with E-state index in [1.807, 2.05) is 6.07 Å². The van der Waals surface area contributed by atoms with E-state index in [1.165, 1.54) is 37.0 Å². The standard InChI is InChI=1S/C11H16N2O2S/c1-11(6-2-3-7-11)12-8-9-4-5-10(16-9)13(14)15/h4-5,12H,2-3,6-8H2,1H3. The highest BCUT2D eigenvalue weighted by atomic mass is 32.1. The van der Waals surface area contributed by atoms with Gasteiger partial charge in [0, 0.05) is 23.0 Å². The van der Waals surface area contributed by atoms with Crippen LogP contribution in [0.15, 0.2) is 12.1 Å². The van der Waals surface area contributed by atoms with Crippen molar-refractivity contribution in [2.24, 2.45) is 0 Å². The maximum atomic E-state index is 10.5. The van der Waals surface area contributed by atoms with Crippen LogP contribution in [0.1, 0.15) is 37.5 Å². The van der Waals surface area contributed by atoms with Crippen LogP contribution >= 0.6 is 11.3 Å². The number of thiophene rings is 1. The fourth-order valence-electron chi connectivity index (χ4n) is 2.19. The maximum absolute atomic E-state index is 10.5. The smallest absolute Gasteiger partial charge is 0.307 e. The number of hydrogen-bond acceptors (Lipinski definition) is 4. The molecule has 1 saturated carbocycles. The molecule has 0 amide bonds. The average molecular weight is 240 g/mol. The van der Waals surface area contributed by atoms with Gasteiger partial charge in [-0.15, -0.1) is 0 Å². The van der Waals surface area contributed by atoms with E-state index in [1.54, 1.807) is 6.07 Å². The van der Waals surface area contributed by atoms with Gasteiger partial charge >= 0.3 is 5.00 Å². The van der Waals surface area contributed by atoms with Crippen LogP contribution in [-0.2, 0) is 6.54 Å². The molecule has 88 valence electrons. The summed E-state index contributed by atoms with van der Waals surface area (Å²) in [6.07, 6.45) is 4.99. The second-order valence-electron chi connectivity index (χ2n) is 4.62. The van der Waals surface area contributed by atoms with Gasteiger partial charge in [-0.05, 0) is 25.8 Å². The van der Waals surface area contributed by atoms with Crippen LogP contribution in [0, 0.1) is 10.1 Å². The molecule has 5 heteroatoms. The molecule has 0 unspecified atom stereocenters. The normalized spacial score (nSPS) is 18.8. The molecule has 1 heterocycles. The zero-order valence-electron chi connectivity index (χ0n) is 9.36. The first-order chi connectivity index (χ1) is 7.59. The van der Waals surface area contributed by atoms with Gasteiger partial charge in [0.05, 0.1) is 4.92 Å². The first kappa shape index (κ1) is 11.5. The Balaban J connectivity index is 1.91. The Kier molecular flexibility index (Phi) is 3.25. The molecule has 1 N–H and O–H groups in total. The molecule has 0 saturated heterocycles. The quantitative estimate of drug-likeness (QED) is 0.650. The lowest BCUT2D eigenvalue weighted by atomic mass is 10.0. The van der Waals surface area contributed by atoms with E-state index in [9.17, 15) is 10.1 Å². The van der Waals surface area contributed by atoms with Crippen molar-refractivity contribution in [3.05, 3.63) is 27.1 Å². The number of rotatable bonds is 4. The van der Waals surface area contributed by atoms with Gasteiger partial charge in [0.1, 0.15) is 0 Å². The second-order valence-corrected chi connectivity index (χ2v) is 5.77. The van der Waals surface area contributed by atoms with E-state index in [2.05, 4.69) is 12.2 Å². The van der Waals surface area contributed by atoms with E-state index in [0.717, 1.165) is 11.4 Å². The topological polar surface area (TPSA) is 55.2 Å². The van der Waals surface area contributed by atoms with Gasteiger partial charge in [0.15, 0.2) is 0 Å². The molecule has 1 fully saturated rings. The summed E-state index contributed by atoms with van der Waals surface area (Å²) in [5, 5.41) is 14.3. The van der Waals surface area contributed by atoms with Gasteiger partial charge in [0.25, 0.3) is 0 Å². The van der Waals surface area contributed by atoms with Crippen molar-refractivity contribution in [1.29, 1.82) is 0 Å². The highest BCUT2D eigenvalue weighted by Crippen LogP contribution is 2.30. The van der Waals surface area contributed by atoms with E-state index >= 15 is 0 Å². The van der Waals surface area contributed by atoms with Gasteiger partial charge in [-0.25, -0.2) is 0 Å². The van der Waals surface area contributed by atoms with Gasteiger partial charge in [-0.1, -0.05) is 24.2 Å². The zero-order chi connectivity index (χ0) is 11.6. The summed E-state index contributed by atoms with van der Waals surface area (Å²) in [4.78, 5) is 11.2. The van der Waals surface area contributed by atoms with Gasteiger partial charge in [0.2, 0.25) is 0 Å². The number of nitrogens with zero attached hydrogens (tertiary/aromatic N) is 1. The summed E-state index contributed by atoms with van der Waals surface area (Å²) in [6.45, 7) is 2.98. The minimum atomic E-state index is -0.328. The summed E-state index contributed by atoms with van der Waals surface area (Å²) >= 11 is 1.26. The second kappa shape index (κ2) is 4.51. The van der Waals surface area contributed by atoms with E-state index < -0.39 is 0 Å². The van der Waals surface area contributed by atoms with Crippen LogP contribution in [0.25, 0.3) is 0 Å². The monoisotopic (exact) mass is 240 g/mol. The fraction of sp³-hybridized carbons (Fsp3) is 0.636. The molecular weight excluding hydrogens is 224 g/mol. The molecule has 16 heavy (non-hydrogen) atoms. The average Bonchev–Trinajstić information content (AvgIpc) is 2.84. The predicted octanol–water partition coefficient (Wildman–Crippen LogP) is 3.08. The number of nitrogens with one attached hydrogen (secondary N) is 1. The Labute approximate surface area is 98.8 Å². The molecule has 1 aliphatic carbocycles. The predicted molar refractivity (Wildman–Crippen MR) is 64.7 cm³/mol. The van der Waals surface area contributed by atoms with Crippen molar-refractivity contribution in [2.45, 2.75) is 44.7 Å². The van der Waals surface area contributed by atoms with Crippen molar-refractivity contribution >= 4 is 16.3 Å². The van der Waals surface area contributed by atoms with Crippen LogP contribution in [0.2, 0.25) is 0 Å². The highest BCUT2D eigenvalue weighted by Gasteiger charge is 2.27. The third-order valence-corrected chi connectivity index (χ3v) is 4.26. The Morgan fingerprint density at radius 2 is 2.19 bits per heavy atom. The Morgan fingerprint density at radius 1 is 1.50 bits per heavy atom. The third-order valence-electron chi connectivity index (χ3n) is 3.22. The van der Waals surface area contributed by atoms with Crippen molar-refractivity contribution in [2.75, 3.05) is 0 Å². The lowest BCUT2D eigenvalue weighted by Gasteiger charge is -2.24. The largest absolute Gasteiger partial charge is 0.324 e. The van der Waals surface area contributed by atoms with Gasteiger partial charge in [-0.2, -0.15) is 0 Å². The van der Waals surface area contributed by atoms with E-state index in [-0.39, 0.29) is 15.5 Å². The molecule has 4 nitrogen and oxygen atoms in total. The van der Waals surface area contributed by atoms with Crippen molar-refractivity contribution in [3.8, 4) is 0 Å². The van der Waals surface area contributed by atoms with Crippen molar-refractivity contribution in [3.63, 3.8) is 0 Å². The molecule has 1 aromatic rings. The molecule has 1 aromatic heterocycles. The third kappa shape index (κ3) is 2.59. The Morgan fingerprint density at radius 3 is 2.75 bits per heavy atom. The maximum Gasteiger partial charge on any atom is 0.324 e. The Hall–Kier alpha value is -0.940. The van der Waals surface area contributed by atoms with Crippen LogP contribution in [0.3, 0.4) is 0 Å². The van der Waals surface area contributed by atoms with Crippen LogP contribution in [0.5, 0.6) is 0 Å². The first-order valence-electron chi connectivity index (χ1n) is 5.57. The first-order valence-corrected chi connectivity index (χ1v) is 6.39. The molecule has 0 bridgehead atoms. The summed E-state index contributed by atoms with van der Waals surface area (Å²) in [5.41, 5.74) is 0.235. The summed E-state index contributed by atoms with van der Waals surface area (Å²) in [7, 11) is 0. The van der Waals surface area contributed by atoms with Crippen molar-refractivity contribution < 1.29 is 4.92 Å². The van der Waals surface area contributed by atoms with Crippen LogP contribution in [-0.4, -0.2) is 10.5 Å². The SMILES string of the molecule is CC1(NCc2ccc([N+](=O)[O-])s2)CCCC1. The molecule has 1 aliphatic rings. The van der Waals surface area contributed by atoms with Gasteiger partial charge < -0.3 is 5.32 Å². The van der Waals surface area contributed by atoms with E-state index in [4.69, 9.17) is 0 Å². The highest BCUT2D eigenvalue weighted by molar-refractivity contribution is 7.15. The summed E-state index contributed by atoms with van der Waals surface area (Å²) < 4.78 is 0. The van der Waals surface area contributed by atoms with Crippen LogP contribution < -0.4 is 5.32 Å². The summed E-state index contributed by atoms with van der Waals surface area (Å²) in [6, 6.07) is 3.42. The molecule has 2 rings (SSSR count). The van der Waals surface area contributed by atoms with E-state index in [0.29, 0.717) is 0 Å². The lowest BCUT2D eigenvalue weighted by molar-refractivity contribution is -0.380. The molecule has 0 aliphatic heterocycles. The summed E-state index contributed by atoms with van der Waals surface area (Å²) in [5.74, 6) is 0. The molecule has 0 radical (unpaired) electrons. The number of nitro groups is 1. The van der Waals surface area contributed by atoms with Gasteiger partial charge in [-0.3, -0.25) is 10.1 Å². The zero-order valence-corrected chi connectivity index (χ0v) is 10.2. The van der Waals surface area contributed by atoms with Crippen molar-refractivity contribution in [1.82, 2.24) is 5.32 Å². The molecule has 0 atom stereocenters.